The number of benzene rings is 1. The Hall–Kier alpha value is -2.50. The van der Waals surface area contributed by atoms with Gasteiger partial charge in [0.15, 0.2) is 0 Å². The van der Waals surface area contributed by atoms with Crippen LogP contribution < -0.4 is 11.0 Å². The third-order valence-corrected chi connectivity index (χ3v) is 3.03. The molecule has 6 heteroatoms. The molecule has 0 atom stereocenters. The highest BCUT2D eigenvalue weighted by atomic mass is 16.1. The molecule has 0 bridgehead atoms. The van der Waals surface area contributed by atoms with E-state index in [0.29, 0.717) is 5.69 Å². The van der Waals surface area contributed by atoms with Crippen molar-refractivity contribution in [2.75, 3.05) is 5.43 Å². The second kappa shape index (κ2) is 7.33. The quantitative estimate of drug-likeness (QED) is 0.631. The highest BCUT2D eigenvalue weighted by Crippen LogP contribution is 2.08. The van der Waals surface area contributed by atoms with E-state index in [1.54, 1.807) is 6.92 Å². The Morgan fingerprint density at radius 2 is 2.05 bits per heavy atom. The summed E-state index contributed by atoms with van der Waals surface area (Å²) in [5.74, 6) is 0.246. The average Bonchev–Trinajstić information content (AvgIpc) is 2.51. The summed E-state index contributed by atoms with van der Waals surface area (Å²) in [6, 6.07) is 9.95. The molecule has 0 amide bonds. The van der Waals surface area contributed by atoms with Gasteiger partial charge in [0.25, 0.3) is 5.56 Å². The molecule has 0 aliphatic rings. The zero-order valence-electron chi connectivity index (χ0n) is 12.3. The number of aromatic nitrogens is 3. The first kappa shape index (κ1) is 14.9. The number of unbranched alkanes of at least 4 members (excludes halogenated alkanes) is 1. The van der Waals surface area contributed by atoms with Gasteiger partial charge in [0.1, 0.15) is 5.69 Å². The summed E-state index contributed by atoms with van der Waals surface area (Å²) in [5.41, 5.74) is 4.83. The fourth-order valence-corrected chi connectivity index (χ4v) is 1.80. The van der Waals surface area contributed by atoms with Crippen LogP contribution >= 0.6 is 0 Å². The lowest BCUT2D eigenvalue weighted by molar-refractivity contribution is 0.832. The molecular formula is C15H19N5O. The Kier molecular flexibility index (Phi) is 5.20. The minimum atomic E-state index is -0.266. The molecule has 110 valence electrons. The number of hydrazone groups is 1. The Morgan fingerprint density at radius 3 is 2.71 bits per heavy atom. The van der Waals surface area contributed by atoms with Crippen LogP contribution in [-0.4, -0.2) is 20.9 Å². The number of hydrogen-bond donors (Lipinski definition) is 2. The van der Waals surface area contributed by atoms with Crippen LogP contribution in [0.2, 0.25) is 0 Å². The molecule has 0 saturated heterocycles. The molecule has 0 spiro atoms. The molecule has 1 aromatic carbocycles. The van der Waals surface area contributed by atoms with Gasteiger partial charge in [0.05, 0.1) is 5.71 Å². The molecule has 0 aliphatic carbocycles. The summed E-state index contributed by atoms with van der Waals surface area (Å²) in [7, 11) is 0. The Labute approximate surface area is 123 Å². The second-order valence-electron chi connectivity index (χ2n) is 4.73. The molecule has 0 saturated carbocycles. The number of aryl methyl sites for hydroxylation is 1. The van der Waals surface area contributed by atoms with Crippen molar-refractivity contribution < 1.29 is 0 Å². The molecule has 0 radical (unpaired) electrons. The molecule has 2 rings (SSSR count). The van der Waals surface area contributed by atoms with Gasteiger partial charge in [-0.3, -0.25) is 9.78 Å². The number of nitrogens with one attached hydrogen (secondary N) is 2. The summed E-state index contributed by atoms with van der Waals surface area (Å²) in [6.07, 6.45) is 3.00. The number of anilines is 1. The van der Waals surface area contributed by atoms with Crippen LogP contribution in [0.1, 0.15) is 37.4 Å². The summed E-state index contributed by atoms with van der Waals surface area (Å²) in [4.78, 5) is 14.1. The molecule has 2 N–H and O–H groups in total. The largest absolute Gasteiger partial charge is 0.288 e. The van der Waals surface area contributed by atoms with Crippen LogP contribution in [0.5, 0.6) is 0 Å². The highest BCUT2D eigenvalue weighted by Gasteiger charge is 2.04. The summed E-state index contributed by atoms with van der Waals surface area (Å²) in [5, 5.41) is 12.0. The molecule has 0 aliphatic heterocycles. The van der Waals surface area contributed by atoms with Crippen LogP contribution in [0.15, 0.2) is 40.2 Å². The van der Waals surface area contributed by atoms with Crippen LogP contribution in [0.4, 0.5) is 5.95 Å². The molecule has 0 unspecified atom stereocenters. The smallest absolute Gasteiger partial charge is 0.274 e. The minimum absolute atomic E-state index is 0.246. The summed E-state index contributed by atoms with van der Waals surface area (Å²) < 4.78 is 0. The average molecular weight is 285 g/mol. The Morgan fingerprint density at radius 1 is 1.29 bits per heavy atom. The lowest BCUT2D eigenvalue weighted by atomic mass is 10.1. The normalized spacial score (nSPS) is 11.4. The van der Waals surface area contributed by atoms with Gasteiger partial charge in [-0.15, -0.1) is 10.2 Å². The molecule has 1 heterocycles. The van der Waals surface area contributed by atoms with Crippen molar-refractivity contribution in [3.63, 3.8) is 0 Å². The maximum absolute atomic E-state index is 11.5. The highest BCUT2D eigenvalue weighted by molar-refractivity contribution is 6.00. The number of rotatable bonds is 6. The van der Waals surface area contributed by atoms with Crippen molar-refractivity contribution in [2.45, 2.75) is 33.1 Å². The molecule has 6 nitrogen and oxygen atoms in total. The van der Waals surface area contributed by atoms with E-state index in [-0.39, 0.29) is 11.5 Å². The van der Waals surface area contributed by atoms with Gasteiger partial charge in [0, 0.05) is 0 Å². The topological polar surface area (TPSA) is 83.0 Å². The molecular weight excluding hydrogens is 266 g/mol. The lowest BCUT2D eigenvalue weighted by Gasteiger charge is -2.07. The first-order valence-corrected chi connectivity index (χ1v) is 7.02. The summed E-state index contributed by atoms with van der Waals surface area (Å²) in [6.45, 7) is 3.74. The SMILES string of the molecule is CCCC/C(=N/Nc1nnc(C)c(=O)[nH]1)c1ccccc1. The minimum Gasteiger partial charge on any atom is -0.288 e. The first-order valence-electron chi connectivity index (χ1n) is 7.02. The van der Waals surface area contributed by atoms with E-state index in [2.05, 4.69) is 32.6 Å². The maximum atomic E-state index is 11.5. The zero-order valence-corrected chi connectivity index (χ0v) is 12.3. The molecule has 2 aromatic rings. The van der Waals surface area contributed by atoms with Gasteiger partial charge in [-0.25, -0.2) is 5.43 Å². The van der Waals surface area contributed by atoms with Gasteiger partial charge in [0.2, 0.25) is 5.95 Å². The van der Waals surface area contributed by atoms with E-state index in [0.717, 1.165) is 30.5 Å². The van der Waals surface area contributed by atoms with Crippen LogP contribution in [-0.2, 0) is 0 Å². The van der Waals surface area contributed by atoms with Gasteiger partial charge in [-0.1, -0.05) is 43.7 Å². The lowest BCUT2D eigenvalue weighted by Crippen LogP contribution is -2.16. The third kappa shape index (κ3) is 4.24. The predicted molar refractivity (Wildman–Crippen MR) is 83.5 cm³/mol. The van der Waals surface area contributed by atoms with Crippen molar-refractivity contribution in [2.24, 2.45) is 5.10 Å². The fourth-order valence-electron chi connectivity index (χ4n) is 1.80. The van der Waals surface area contributed by atoms with Crippen molar-refractivity contribution in [1.82, 2.24) is 15.2 Å². The van der Waals surface area contributed by atoms with Crippen molar-refractivity contribution in [3.8, 4) is 0 Å². The van der Waals surface area contributed by atoms with Gasteiger partial charge in [-0.2, -0.15) is 5.10 Å². The van der Waals surface area contributed by atoms with E-state index < -0.39 is 0 Å². The van der Waals surface area contributed by atoms with Gasteiger partial charge >= 0.3 is 0 Å². The zero-order chi connectivity index (χ0) is 15.1. The summed E-state index contributed by atoms with van der Waals surface area (Å²) >= 11 is 0. The fraction of sp³-hybridized carbons (Fsp3) is 0.333. The Bertz CT molecular complexity index is 663. The predicted octanol–water partition coefficient (Wildman–Crippen LogP) is 2.48. The van der Waals surface area contributed by atoms with Gasteiger partial charge in [-0.05, 0) is 25.3 Å². The molecule has 21 heavy (non-hydrogen) atoms. The van der Waals surface area contributed by atoms with Gasteiger partial charge < -0.3 is 0 Å². The Balaban J connectivity index is 2.20. The van der Waals surface area contributed by atoms with E-state index in [4.69, 9.17) is 0 Å². The van der Waals surface area contributed by atoms with Crippen LogP contribution in [0.3, 0.4) is 0 Å². The molecule has 0 fully saturated rings. The second-order valence-corrected chi connectivity index (χ2v) is 4.73. The van der Waals surface area contributed by atoms with E-state index >= 15 is 0 Å². The van der Waals surface area contributed by atoms with Crippen molar-refractivity contribution >= 4 is 11.7 Å². The monoisotopic (exact) mass is 285 g/mol. The number of hydrogen-bond acceptors (Lipinski definition) is 5. The van der Waals surface area contributed by atoms with E-state index in [1.165, 1.54) is 0 Å². The van der Waals surface area contributed by atoms with E-state index in [1.807, 2.05) is 30.3 Å². The standard InChI is InChI=1S/C15H19N5O/c1-3-4-10-13(12-8-6-5-7-9-12)18-20-15-16-14(21)11(2)17-19-15/h5-9H,3-4,10H2,1-2H3,(H2,16,19,20,21)/b18-13-. The molecule has 1 aromatic heterocycles. The van der Waals surface area contributed by atoms with E-state index in [9.17, 15) is 4.79 Å². The maximum Gasteiger partial charge on any atom is 0.274 e. The first-order chi connectivity index (χ1) is 10.2. The number of H-pyrrole nitrogens is 1. The van der Waals surface area contributed by atoms with Crippen molar-refractivity contribution in [3.05, 3.63) is 51.9 Å². The van der Waals surface area contributed by atoms with Crippen LogP contribution in [0.25, 0.3) is 0 Å². The van der Waals surface area contributed by atoms with Crippen molar-refractivity contribution in [1.29, 1.82) is 0 Å². The van der Waals surface area contributed by atoms with Crippen LogP contribution in [0, 0.1) is 6.92 Å². The number of nitrogens with zero attached hydrogens (tertiary/aromatic N) is 3. The third-order valence-electron chi connectivity index (χ3n) is 3.03. The number of aromatic amines is 1.